The molecule has 4 heterocycles. The molecule has 0 aliphatic rings. The second kappa shape index (κ2) is 12.2. The third-order valence-corrected chi connectivity index (χ3v) is 12.1. The molecule has 0 spiro atoms. The smallest absolute Gasteiger partial charge is 0.160 e. The highest BCUT2D eigenvalue weighted by molar-refractivity contribution is 6.27. The van der Waals surface area contributed by atoms with Crippen molar-refractivity contribution in [3.63, 3.8) is 0 Å². The predicted octanol–water partition coefficient (Wildman–Crippen LogP) is 14.2. The minimum absolute atomic E-state index is 0.696. The highest BCUT2D eigenvalue weighted by Gasteiger charge is 2.23. The van der Waals surface area contributed by atoms with Gasteiger partial charge in [-0.15, -0.1) is 0 Å². The molecule has 0 aliphatic heterocycles. The number of nitrogens with zero attached hydrogens (tertiary/aromatic N) is 4. The first-order valence-electron chi connectivity index (χ1n) is 20.0. The van der Waals surface area contributed by atoms with Crippen molar-refractivity contribution in [2.45, 2.75) is 0 Å². The highest BCUT2D eigenvalue weighted by atomic mass is 16.3. The second-order valence-electron chi connectivity index (χ2n) is 15.4. The van der Waals surface area contributed by atoms with Gasteiger partial charge in [-0.1, -0.05) is 121 Å². The molecule has 0 saturated heterocycles. The summed E-state index contributed by atoms with van der Waals surface area (Å²) in [5.41, 5.74) is 12.4. The first kappa shape index (κ1) is 32.1. The van der Waals surface area contributed by atoms with E-state index in [1.54, 1.807) is 0 Å². The summed E-state index contributed by atoms with van der Waals surface area (Å²) in [6.45, 7) is 0. The van der Waals surface area contributed by atoms with Crippen molar-refractivity contribution >= 4 is 87.2 Å². The Hall–Kier alpha value is -8.02. The van der Waals surface area contributed by atoms with E-state index >= 15 is 0 Å². The highest BCUT2D eigenvalue weighted by Crippen LogP contribution is 2.44. The Morgan fingerprint density at radius 1 is 0.373 bits per heavy atom. The van der Waals surface area contributed by atoms with Gasteiger partial charge >= 0.3 is 0 Å². The molecular weight excluding hydrogens is 721 g/mol. The predicted molar refractivity (Wildman–Crippen MR) is 244 cm³/mol. The molecule has 0 N–H and O–H groups in total. The van der Waals surface area contributed by atoms with E-state index in [9.17, 15) is 0 Å². The fourth-order valence-electron chi connectivity index (χ4n) is 9.42. The average Bonchev–Trinajstić information content (AvgIpc) is 3.95. The van der Waals surface area contributed by atoms with Crippen molar-refractivity contribution in [2.75, 3.05) is 0 Å². The monoisotopic (exact) mass is 752 g/mol. The summed E-state index contributed by atoms with van der Waals surface area (Å²) in [7, 11) is 0. The van der Waals surface area contributed by atoms with Gasteiger partial charge in [-0.2, -0.15) is 0 Å². The summed E-state index contributed by atoms with van der Waals surface area (Å²) in [5, 5.41) is 10.5. The van der Waals surface area contributed by atoms with Crippen LogP contribution < -0.4 is 0 Å². The minimum Gasteiger partial charge on any atom is -0.456 e. The Morgan fingerprint density at radius 2 is 1.10 bits per heavy atom. The number of para-hydroxylation sites is 3. The zero-order chi connectivity index (χ0) is 38.6. The number of furan rings is 1. The average molecular weight is 753 g/mol. The summed E-state index contributed by atoms with van der Waals surface area (Å²) in [6.07, 6.45) is 0. The molecular formula is C54H32N4O. The standard InChI is InChI=1S/C54H32N4O/c1-2-13-34(14-3-1)52-41-17-6-9-19-45(41)55-54(56-52)35-23-25-37(26-24-35)58-48-32-50-44(39-16-8-11-21-49(39)59-50)31-43(48)40-28-29-47-51(53(40)58)42-18-7-10-20-46(42)57(47)38-27-22-33-12-4-5-15-36(33)30-38/h1-32H. The van der Waals surface area contributed by atoms with E-state index in [0.717, 1.165) is 77.6 Å². The van der Waals surface area contributed by atoms with Crippen LogP contribution in [0.2, 0.25) is 0 Å². The fourth-order valence-corrected chi connectivity index (χ4v) is 9.42. The van der Waals surface area contributed by atoms with Crippen molar-refractivity contribution < 1.29 is 4.42 Å². The van der Waals surface area contributed by atoms with Crippen LogP contribution in [-0.4, -0.2) is 19.1 Å². The van der Waals surface area contributed by atoms with Crippen molar-refractivity contribution in [2.24, 2.45) is 0 Å². The molecule has 0 unspecified atom stereocenters. The molecule has 0 saturated carbocycles. The first-order valence-corrected chi connectivity index (χ1v) is 20.0. The lowest BCUT2D eigenvalue weighted by molar-refractivity contribution is 0.669. The lowest BCUT2D eigenvalue weighted by atomic mass is 10.1. The van der Waals surface area contributed by atoms with E-state index in [1.165, 1.54) is 37.8 Å². The van der Waals surface area contributed by atoms with Gasteiger partial charge in [-0.3, -0.25) is 0 Å². The molecule has 59 heavy (non-hydrogen) atoms. The van der Waals surface area contributed by atoms with Gasteiger partial charge in [0.05, 0.1) is 33.3 Å². The summed E-state index contributed by atoms with van der Waals surface area (Å²) in [4.78, 5) is 10.3. The third kappa shape index (κ3) is 4.73. The Balaban J connectivity index is 1.09. The number of hydrogen-bond acceptors (Lipinski definition) is 3. The van der Waals surface area contributed by atoms with Gasteiger partial charge in [-0.05, 0) is 77.5 Å². The van der Waals surface area contributed by atoms with Crippen molar-refractivity contribution in [1.82, 2.24) is 19.1 Å². The first-order chi connectivity index (χ1) is 29.2. The van der Waals surface area contributed by atoms with E-state index in [4.69, 9.17) is 14.4 Å². The largest absolute Gasteiger partial charge is 0.456 e. The fraction of sp³-hybridized carbons (Fsp3) is 0. The van der Waals surface area contributed by atoms with Gasteiger partial charge in [0.2, 0.25) is 0 Å². The van der Waals surface area contributed by atoms with Crippen molar-refractivity contribution in [3.05, 3.63) is 194 Å². The molecule has 0 radical (unpaired) electrons. The maximum Gasteiger partial charge on any atom is 0.160 e. The summed E-state index contributed by atoms with van der Waals surface area (Å²) in [5.74, 6) is 0.696. The van der Waals surface area contributed by atoms with Crippen LogP contribution in [0.1, 0.15) is 0 Å². The molecule has 0 aliphatic carbocycles. The molecule has 274 valence electrons. The second-order valence-corrected chi connectivity index (χ2v) is 15.4. The van der Waals surface area contributed by atoms with Crippen LogP contribution in [0.25, 0.3) is 121 Å². The Kier molecular flexibility index (Phi) is 6.66. The van der Waals surface area contributed by atoms with Crippen LogP contribution in [0.5, 0.6) is 0 Å². The Labute approximate surface area is 337 Å². The van der Waals surface area contributed by atoms with Gasteiger partial charge < -0.3 is 13.6 Å². The Bertz CT molecular complexity index is 3830. The third-order valence-electron chi connectivity index (χ3n) is 12.1. The van der Waals surface area contributed by atoms with Crippen LogP contribution in [0.4, 0.5) is 0 Å². The molecule has 0 fully saturated rings. The number of fused-ring (bicyclic) bond motifs is 12. The van der Waals surface area contributed by atoms with Crippen LogP contribution in [0.15, 0.2) is 199 Å². The summed E-state index contributed by atoms with van der Waals surface area (Å²) in [6, 6.07) is 69.0. The quantitative estimate of drug-likeness (QED) is 0.180. The SMILES string of the molecule is c1ccc(-c2nc(-c3ccc(-n4c5cc6oc7ccccc7c6cc5c5ccc6c(c7ccccc7n6-c6ccc7ccccc7c6)c54)cc3)nc3ccccc23)cc1. The van der Waals surface area contributed by atoms with E-state index < -0.39 is 0 Å². The zero-order valence-electron chi connectivity index (χ0n) is 31.7. The molecule has 13 aromatic rings. The van der Waals surface area contributed by atoms with Gasteiger partial charge in [0, 0.05) is 66.3 Å². The van der Waals surface area contributed by atoms with Gasteiger partial charge in [-0.25, -0.2) is 9.97 Å². The lowest BCUT2D eigenvalue weighted by Gasteiger charge is -2.12. The number of aromatic nitrogens is 4. The maximum absolute atomic E-state index is 6.53. The number of benzene rings is 9. The molecule has 5 nitrogen and oxygen atoms in total. The minimum atomic E-state index is 0.696. The van der Waals surface area contributed by atoms with Gasteiger partial charge in [0.25, 0.3) is 0 Å². The normalized spacial score (nSPS) is 12.1. The number of hydrogen-bond donors (Lipinski definition) is 0. The Morgan fingerprint density at radius 3 is 1.98 bits per heavy atom. The van der Waals surface area contributed by atoms with Gasteiger partial charge in [0.15, 0.2) is 5.82 Å². The van der Waals surface area contributed by atoms with Crippen LogP contribution in [-0.2, 0) is 0 Å². The number of rotatable bonds is 4. The molecule has 0 amide bonds. The molecule has 13 rings (SSSR count). The van der Waals surface area contributed by atoms with Crippen LogP contribution in [0, 0.1) is 0 Å². The van der Waals surface area contributed by atoms with Crippen LogP contribution in [0.3, 0.4) is 0 Å². The molecule has 5 heteroatoms. The summed E-state index contributed by atoms with van der Waals surface area (Å²) >= 11 is 0. The zero-order valence-corrected chi connectivity index (χ0v) is 31.7. The molecule has 0 atom stereocenters. The van der Waals surface area contributed by atoms with E-state index in [-0.39, 0.29) is 0 Å². The van der Waals surface area contributed by atoms with Crippen LogP contribution >= 0.6 is 0 Å². The topological polar surface area (TPSA) is 48.8 Å². The van der Waals surface area contributed by atoms with Gasteiger partial charge in [0.1, 0.15) is 11.2 Å². The van der Waals surface area contributed by atoms with E-state index in [2.05, 4.69) is 173 Å². The maximum atomic E-state index is 6.53. The summed E-state index contributed by atoms with van der Waals surface area (Å²) < 4.78 is 11.4. The van der Waals surface area contributed by atoms with E-state index in [1.807, 2.05) is 30.3 Å². The molecule has 4 aromatic heterocycles. The molecule has 0 bridgehead atoms. The molecule has 9 aromatic carbocycles. The van der Waals surface area contributed by atoms with E-state index in [0.29, 0.717) is 5.82 Å². The lowest BCUT2D eigenvalue weighted by Crippen LogP contribution is -1.97. The van der Waals surface area contributed by atoms with Crippen molar-refractivity contribution in [3.8, 4) is 34.0 Å². The van der Waals surface area contributed by atoms with Crippen molar-refractivity contribution in [1.29, 1.82) is 0 Å².